The van der Waals surface area contributed by atoms with E-state index in [9.17, 15) is 0 Å². The maximum atomic E-state index is 2.33. The Morgan fingerprint density at radius 2 is 1.50 bits per heavy atom. The van der Waals surface area contributed by atoms with Gasteiger partial charge in [0.1, 0.15) is 0 Å². The number of hydrogen-bond donors (Lipinski definition) is 0. The van der Waals surface area contributed by atoms with Crippen LogP contribution in [-0.4, -0.2) is 25.5 Å². The van der Waals surface area contributed by atoms with Crippen molar-refractivity contribution in [2.75, 3.05) is 20.6 Å². The van der Waals surface area contributed by atoms with Crippen LogP contribution in [0.4, 0.5) is 0 Å². The maximum Gasteiger partial charge on any atom is -0.00197 e. The largest absolute Gasteiger partial charge is 0.309 e. The third-order valence-electron chi connectivity index (χ3n) is 2.19. The van der Waals surface area contributed by atoms with Crippen molar-refractivity contribution in [3.05, 3.63) is 0 Å². The zero-order valence-corrected chi connectivity index (χ0v) is 10.1. The summed E-state index contributed by atoms with van der Waals surface area (Å²) >= 11 is 0. The first-order valence-electron chi connectivity index (χ1n) is 5.12. The van der Waals surface area contributed by atoms with E-state index >= 15 is 0 Å². The fourth-order valence-electron chi connectivity index (χ4n) is 0.703. The molecule has 0 aliphatic rings. The molecule has 0 aromatic heterocycles. The van der Waals surface area contributed by atoms with Crippen molar-refractivity contribution in [3.63, 3.8) is 0 Å². The molecule has 0 aliphatic carbocycles. The predicted molar refractivity (Wildman–Crippen MR) is 58.6 cm³/mol. The van der Waals surface area contributed by atoms with Gasteiger partial charge in [0.15, 0.2) is 0 Å². The molecule has 0 bridgehead atoms. The van der Waals surface area contributed by atoms with Crippen LogP contribution in [0.25, 0.3) is 0 Å². The Morgan fingerprint density at radius 1 is 1.08 bits per heavy atom. The highest BCUT2D eigenvalue weighted by molar-refractivity contribution is 4.66. The van der Waals surface area contributed by atoms with Gasteiger partial charge in [0.05, 0.1) is 0 Å². The quantitative estimate of drug-likeness (QED) is 0.630. The van der Waals surface area contributed by atoms with E-state index in [0.29, 0.717) is 5.41 Å². The Bertz CT molecular complexity index is 85.0. The molecule has 0 aromatic rings. The lowest BCUT2D eigenvalue weighted by atomic mass is 9.86. The van der Waals surface area contributed by atoms with Crippen LogP contribution in [0.15, 0.2) is 0 Å². The molecule has 0 fully saturated rings. The molecule has 76 valence electrons. The second-order valence-corrected chi connectivity index (χ2v) is 4.07. The summed E-state index contributed by atoms with van der Waals surface area (Å²) in [5.41, 5.74) is 0.532. The van der Waals surface area contributed by atoms with Gasteiger partial charge in [-0.25, -0.2) is 0 Å². The van der Waals surface area contributed by atoms with Crippen LogP contribution in [0.2, 0.25) is 0 Å². The summed E-state index contributed by atoms with van der Waals surface area (Å²) in [6.45, 7) is 12.1. The highest BCUT2D eigenvalue weighted by Gasteiger charge is 2.14. The molecule has 0 atom stereocenters. The van der Waals surface area contributed by atoms with Crippen LogP contribution < -0.4 is 0 Å². The molecule has 1 nitrogen and oxygen atoms in total. The van der Waals surface area contributed by atoms with Crippen LogP contribution in [0.3, 0.4) is 0 Å². The van der Waals surface area contributed by atoms with Crippen LogP contribution in [-0.2, 0) is 0 Å². The van der Waals surface area contributed by atoms with Gasteiger partial charge in [-0.05, 0) is 32.5 Å². The molecule has 1 heteroatoms. The molecule has 0 saturated heterocycles. The molecule has 0 amide bonds. The monoisotopic (exact) mass is 173 g/mol. The number of nitrogens with zero attached hydrogens (tertiary/aromatic N) is 1. The van der Waals surface area contributed by atoms with E-state index in [0.717, 1.165) is 0 Å². The Morgan fingerprint density at radius 3 is 1.75 bits per heavy atom. The van der Waals surface area contributed by atoms with Crippen molar-refractivity contribution in [1.29, 1.82) is 0 Å². The molecular formula is C11H27N. The Balaban J connectivity index is 0. The van der Waals surface area contributed by atoms with Gasteiger partial charge in [-0.3, -0.25) is 0 Å². The number of hydrogen-bond acceptors (Lipinski definition) is 1. The zero-order valence-electron chi connectivity index (χ0n) is 10.1. The minimum atomic E-state index is 0.532. The van der Waals surface area contributed by atoms with Gasteiger partial charge in [-0.1, -0.05) is 41.0 Å². The molecule has 0 radical (unpaired) electrons. The van der Waals surface area contributed by atoms with Crippen LogP contribution in [0.5, 0.6) is 0 Å². The first kappa shape index (κ1) is 14.5. The van der Waals surface area contributed by atoms with Crippen molar-refractivity contribution >= 4 is 0 Å². The molecule has 0 aliphatic heterocycles. The lowest BCUT2D eigenvalue weighted by molar-refractivity contribution is 0.266. The summed E-state index contributed by atoms with van der Waals surface area (Å²) in [5, 5.41) is 0. The summed E-state index contributed by atoms with van der Waals surface area (Å²) in [6.07, 6.45) is 2.58. The summed E-state index contributed by atoms with van der Waals surface area (Å²) in [4.78, 5) is 2.25. The minimum Gasteiger partial charge on any atom is -0.309 e. The summed E-state index contributed by atoms with van der Waals surface area (Å²) in [6, 6.07) is 0. The average Bonchev–Trinajstić information content (AvgIpc) is 2.05. The summed E-state index contributed by atoms with van der Waals surface area (Å²) < 4.78 is 0. The van der Waals surface area contributed by atoms with E-state index in [-0.39, 0.29) is 0 Å². The standard InChI is InChI=1S/C9H21N.C2H6/c1-6-9(2,3)7-8-10(4)5;1-2/h6-8H2,1-5H3;1-2H3. The highest BCUT2D eigenvalue weighted by atomic mass is 15.0. The zero-order chi connectivity index (χ0) is 10.2. The maximum absolute atomic E-state index is 2.33. The lowest BCUT2D eigenvalue weighted by Gasteiger charge is -2.24. The SMILES string of the molecule is CC.CCC(C)(C)CCN(C)C. The van der Waals surface area contributed by atoms with E-state index in [4.69, 9.17) is 0 Å². The normalized spacial score (nSPS) is 11.0. The molecule has 0 aromatic carbocycles. The molecule has 0 N–H and O–H groups in total. The highest BCUT2D eigenvalue weighted by Crippen LogP contribution is 2.23. The second-order valence-electron chi connectivity index (χ2n) is 4.07. The second kappa shape index (κ2) is 7.60. The van der Waals surface area contributed by atoms with Gasteiger partial charge in [0, 0.05) is 0 Å². The summed E-state index contributed by atoms with van der Waals surface area (Å²) in [7, 11) is 4.26. The van der Waals surface area contributed by atoms with Crippen molar-refractivity contribution in [3.8, 4) is 0 Å². The molecule has 0 unspecified atom stereocenters. The Kier molecular flexibility index (Phi) is 9.17. The van der Waals surface area contributed by atoms with Gasteiger partial charge >= 0.3 is 0 Å². The van der Waals surface area contributed by atoms with E-state index in [1.807, 2.05) is 13.8 Å². The molecule has 12 heavy (non-hydrogen) atoms. The summed E-state index contributed by atoms with van der Waals surface area (Å²) in [5.74, 6) is 0. The number of rotatable bonds is 4. The van der Waals surface area contributed by atoms with Gasteiger partial charge in [-0.2, -0.15) is 0 Å². The Labute approximate surface area is 79.2 Å². The van der Waals surface area contributed by atoms with Crippen molar-refractivity contribution < 1.29 is 0 Å². The molecule has 0 heterocycles. The van der Waals surface area contributed by atoms with Crippen molar-refractivity contribution in [2.45, 2.75) is 47.5 Å². The average molecular weight is 173 g/mol. The molecule has 0 rings (SSSR count). The Hall–Kier alpha value is -0.0400. The van der Waals surface area contributed by atoms with E-state index in [1.54, 1.807) is 0 Å². The van der Waals surface area contributed by atoms with Gasteiger partial charge in [-0.15, -0.1) is 0 Å². The van der Waals surface area contributed by atoms with Crippen LogP contribution in [0.1, 0.15) is 47.5 Å². The van der Waals surface area contributed by atoms with E-state index < -0.39 is 0 Å². The van der Waals surface area contributed by atoms with Gasteiger partial charge < -0.3 is 4.90 Å². The lowest BCUT2D eigenvalue weighted by Crippen LogP contribution is -2.20. The fourth-order valence-corrected chi connectivity index (χ4v) is 0.703. The topological polar surface area (TPSA) is 3.24 Å². The van der Waals surface area contributed by atoms with Gasteiger partial charge in [0.2, 0.25) is 0 Å². The third kappa shape index (κ3) is 9.96. The van der Waals surface area contributed by atoms with Gasteiger partial charge in [0.25, 0.3) is 0 Å². The smallest absolute Gasteiger partial charge is 0.00197 e. The molecule has 0 saturated carbocycles. The minimum absolute atomic E-state index is 0.532. The van der Waals surface area contributed by atoms with Crippen molar-refractivity contribution in [2.24, 2.45) is 5.41 Å². The first-order chi connectivity index (χ1) is 5.48. The van der Waals surface area contributed by atoms with Crippen LogP contribution >= 0.6 is 0 Å². The first-order valence-corrected chi connectivity index (χ1v) is 5.12. The van der Waals surface area contributed by atoms with E-state index in [1.165, 1.54) is 19.4 Å². The van der Waals surface area contributed by atoms with Crippen LogP contribution in [0, 0.1) is 5.41 Å². The molecule has 0 spiro atoms. The predicted octanol–water partition coefficient (Wildman–Crippen LogP) is 3.40. The van der Waals surface area contributed by atoms with Crippen molar-refractivity contribution in [1.82, 2.24) is 4.90 Å². The fraction of sp³-hybridized carbons (Fsp3) is 1.00. The molecular weight excluding hydrogens is 146 g/mol. The third-order valence-corrected chi connectivity index (χ3v) is 2.19. The van der Waals surface area contributed by atoms with E-state index in [2.05, 4.69) is 39.8 Å².